The Morgan fingerprint density at radius 3 is 1.17 bits per heavy atom. The van der Waals surface area contributed by atoms with Crippen molar-refractivity contribution in [2.75, 3.05) is 0 Å². The van der Waals surface area contributed by atoms with Crippen LogP contribution < -0.4 is 0 Å². The molecule has 5 heterocycles. The van der Waals surface area contributed by atoms with Crippen LogP contribution in [0.3, 0.4) is 0 Å². The van der Waals surface area contributed by atoms with Crippen molar-refractivity contribution in [3.05, 3.63) is 209 Å². The summed E-state index contributed by atoms with van der Waals surface area (Å²) >= 11 is 0. The molecule has 0 aliphatic carbocycles. The molecular weight excluding hydrogens is 729 g/mol. The molecular formula is C56H52N4. The van der Waals surface area contributed by atoms with Crippen molar-refractivity contribution >= 4 is 45.1 Å². The molecule has 0 N–H and O–H groups in total. The van der Waals surface area contributed by atoms with E-state index in [0.717, 1.165) is 73.5 Å². The zero-order valence-corrected chi connectivity index (χ0v) is 37.0. The number of hydrogen-bond donors (Lipinski definition) is 0. The van der Waals surface area contributed by atoms with Crippen molar-refractivity contribution in [2.45, 2.75) is 83.1 Å². The summed E-state index contributed by atoms with van der Waals surface area (Å²) < 4.78 is 0. The van der Waals surface area contributed by atoms with Crippen LogP contribution in [0, 0.1) is 83.1 Å². The first kappa shape index (κ1) is 39.0. The summed E-state index contributed by atoms with van der Waals surface area (Å²) in [5.41, 5.74) is 30.8. The molecule has 4 heteroatoms. The minimum atomic E-state index is 0.855. The maximum atomic E-state index is 5.93. The molecule has 60 heavy (non-hydrogen) atoms. The van der Waals surface area contributed by atoms with Crippen LogP contribution in [0.4, 0.5) is 0 Å². The number of aliphatic imine (C=N–C) groups is 4. The lowest BCUT2D eigenvalue weighted by molar-refractivity contribution is 1.27. The Morgan fingerprint density at radius 1 is 0.317 bits per heavy atom. The first-order chi connectivity index (χ1) is 28.6. The predicted molar refractivity (Wildman–Crippen MR) is 257 cm³/mol. The molecule has 0 aromatic heterocycles. The lowest BCUT2D eigenvalue weighted by Gasteiger charge is -2.24. The van der Waals surface area contributed by atoms with Crippen molar-refractivity contribution < 1.29 is 0 Å². The lowest BCUT2D eigenvalue weighted by Crippen LogP contribution is -2.12. The molecule has 0 amide bonds. The summed E-state index contributed by atoms with van der Waals surface area (Å²) in [4.78, 5) is 21.8. The van der Waals surface area contributed by atoms with E-state index >= 15 is 0 Å². The SMILES string of the molecule is Cc1cc(C)c(C2=CC3=CC4=NC(=CC5=NC(=CC6=NC(=C(c7c(C)cc(C)cc7C)C2=N3)C(c2c(C)cc(C)cc2C)=C6c2c(C)cc(C)cc2C)C=C5)C=C4)c(C)c1. The minimum Gasteiger partial charge on any atom is -0.249 e. The van der Waals surface area contributed by atoms with Crippen molar-refractivity contribution in [3.63, 3.8) is 0 Å². The largest absolute Gasteiger partial charge is 0.249 e. The Hall–Kier alpha value is -6.52. The number of aryl methyl sites for hydroxylation is 12. The maximum Gasteiger partial charge on any atom is 0.0823 e. The molecule has 4 aromatic rings. The molecule has 0 unspecified atom stereocenters. The summed E-state index contributed by atoms with van der Waals surface area (Å²) in [7, 11) is 0. The van der Waals surface area contributed by atoms with Gasteiger partial charge in [-0.05, 0) is 198 Å². The summed E-state index contributed by atoms with van der Waals surface area (Å²) in [5.74, 6) is 0. The van der Waals surface area contributed by atoms with E-state index in [2.05, 4.69) is 174 Å². The van der Waals surface area contributed by atoms with Gasteiger partial charge in [0.25, 0.3) is 0 Å². The molecule has 0 atom stereocenters. The molecule has 0 fully saturated rings. The molecule has 4 aromatic carbocycles. The number of nitrogens with zero attached hydrogens (tertiary/aromatic N) is 4. The smallest absolute Gasteiger partial charge is 0.0823 e. The maximum absolute atomic E-state index is 5.93. The number of allylic oxidation sites excluding steroid dienone is 12. The summed E-state index contributed by atoms with van der Waals surface area (Å²) in [5, 5.41) is 0. The van der Waals surface area contributed by atoms with Gasteiger partial charge in [-0.1, -0.05) is 70.8 Å². The van der Waals surface area contributed by atoms with Crippen LogP contribution in [-0.2, 0) is 0 Å². The Kier molecular flexibility index (Phi) is 9.51. The second-order valence-corrected chi connectivity index (χ2v) is 17.5. The average molecular weight is 781 g/mol. The highest BCUT2D eigenvalue weighted by Gasteiger charge is 2.36. The normalized spacial score (nSPS) is 16.9. The molecule has 4 nitrogen and oxygen atoms in total. The monoisotopic (exact) mass is 780 g/mol. The third-order valence-electron chi connectivity index (χ3n) is 12.2. The fraction of sp³-hybridized carbons (Fsp3) is 0.214. The van der Waals surface area contributed by atoms with E-state index in [-0.39, 0.29) is 0 Å². The first-order valence-corrected chi connectivity index (χ1v) is 21.0. The van der Waals surface area contributed by atoms with E-state index in [0.29, 0.717) is 0 Å². The van der Waals surface area contributed by atoms with Crippen LogP contribution in [0.1, 0.15) is 89.0 Å². The quantitative estimate of drug-likeness (QED) is 0.198. The minimum absolute atomic E-state index is 0.855. The fourth-order valence-corrected chi connectivity index (χ4v) is 10.4. The average Bonchev–Trinajstić information content (AvgIpc) is 3.94. The van der Waals surface area contributed by atoms with Gasteiger partial charge >= 0.3 is 0 Å². The van der Waals surface area contributed by atoms with Gasteiger partial charge in [-0.25, -0.2) is 20.0 Å². The topological polar surface area (TPSA) is 49.4 Å². The summed E-state index contributed by atoms with van der Waals surface area (Å²) in [6.45, 7) is 26.7. The third-order valence-corrected chi connectivity index (χ3v) is 12.2. The molecule has 5 aliphatic heterocycles. The summed E-state index contributed by atoms with van der Waals surface area (Å²) in [6.07, 6.45) is 16.9. The zero-order chi connectivity index (χ0) is 42.3. The fourth-order valence-electron chi connectivity index (χ4n) is 10.4. The highest BCUT2D eigenvalue weighted by molar-refractivity contribution is 6.51. The van der Waals surface area contributed by atoms with E-state index in [1.165, 1.54) is 83.5 Å². The first-order valence-electron chi connectivity index (χ1n) is 21.0. The molecule has 0 spiro atoms. The van der Waals surface area contributed by atoms with Crippen LogP contribution in [0.25, 0.3) is 22.3 Å². The van der Waals surface area contributed by atoms with Gasteiger partial charge in [0.05, 0.1) is 45.6 Å². The van der Waals surface area contributed by atoms with E-state index in [1.54, 1.807) is 0 Å². The third kappa shape index (κ3) is 6.74. The number of rotatable bonds is 4. The van der Waals surface area contributed by atoms with E-state index in [9.17, 15) is 0 Å². The van der Waals surface area contributed by atoms with Crippen molar-refractivity contribution in [2.24, 2.45) is 20.0 Å². The van der Waals surface area contributed by atoms with Crippen LogP contribution in [0.15, 0.2) is 140 Å². The Bertz CT molecular complexity index is 2960. The second kappa shape index (κ2) is 14.6. The molecule has 296 valence electrons. The predicted octanol–water partition coefficient (Wildman–Crippen LogP) is 13.4. The van der Waals surface area contributed by atoms with E-state index in [4.69, 9.17) is 20.0 Å². The van der Waals surface area contributed by atoms with Crippen LogP contribution in [-0.4, -0.2) is 22.8 Å². The standard InChI is InChI=1S/C56H52N4/c1-29-17-33(5)48(34(6)18-29)46-27-45-26-43-14-13-41(57-43)25-42-15-16-44(58-42)28-47-52(49-35(7)19-30(2)20-36(49)8)53(50-37(9)21-31(3)22-38(50)10)56(60-47)54(55(46)59-45)51-39(11)23-32(4)24-40(51)12/h13-28H,1-12H3. The molecule has 9 rings (SSSR count). The van der Waals surface area contributed by atoms with Crippen LogP contribution in [0.2, 0.25) is 0 Å². The van der Waals surface area contributed by atoms with Crippen LogP contribution >= 0.6 is 0 Å². The van der Waals surface area contributed by atoms with E-state index in [1.807, 2.05) is 6.08 Å². The van der Waals surface area contributed by atoms with Crippen LogP contribution in [0.5, 0.6) is 0 Å². The van der Waals surface area contributed by atoms with Gasteiger partial charge < -0.3 is 0 Å². The molecule has 0 saturated carbocycles. The Labute approximate surface area is 355 Å². The lowest BCUT2D eigenvalue weighted by atomic mass is 9.79. The Balaban J connectivity index is 1.53. The van der Waals surface area contributed by atoms with Crippen molar-refractivity contribution in [1.29, 1.82) is 0 Å². The van der Waals surface area contributed by atoms with Gasteiger partial charge in [0.1, 0.15) is 0 Å². The summed E-state index contributed by atoms with van der Waals surface area (Å²) in [6, 6.07) is 18.5. The highest BCUT2D eigenvalue weighted by atomic mass is 14.9. The highest BCUT2D eigenvalue weighted by Crippen LogP contribution is 2.50. The molecule has 0 saturated heterocycles. The van der Waals surface area contributed by atoms with Gasteiger partial charge in [0.15, 0.2) is 0 Å². The van der Waals surface area contributed by atoms with Crippen molar-refractivity contribution in [1.82, 2.24) is 0 Å². The number of fused-ring (bicyclic) bond motifs is 4. The van der Waals surface area contributed by atoms with Gasteiger partial charge in [-0.3, -0.25) is 0 Å². The van der Waals surface area contributed by atoms with Gasteiger partial charge in [0, 0.05) is 22.3 Å². The zero-order valence-electron chi connectivity index (χ0n) is 37.0. The van der Waals surface area contributed by atoms with Gasteiger partial charge in [-0.15, -0.1) is 0 Å². The second-order valence-electron chi connectivity index (χ2n) is 17.5. The molecule has 8 bridgehead atoms. The number of hydrogen-bond acceptors (Lipinski definition) is 4. The van der Waals surface area contributed by atoms with Gasteiger partial charge in [-0.2, -0.15) is 0 Å². The Morgan fingerprint density at radius 2 is 0.700 bits per heavy atom. The molecule has 5 aliphatic rings. The number of benzene rings is 4. The van der Waals surface area contributed by atoms with Gasteiger partial charge in [0.2, 0.25) is 0 Å². The van der Waals surface area contributed by atoms with E-state index < -0.39 is 0 Å². The molecule has 0 radical (unpaired) electrons. The van der Waals surface area contributed by atoms with Crippen molar-refractivity contribution in [3.8, 4) is 0 Å².